The number of nitro benzene ring substituents is 1. The normalized spacial score (nSPS) is 17.0. The number of benzene rings is 1. The Morgan fingerprint density at radius 1 is 1.33 bits per heavy atom. The van der Waals surface area contributed by atoms with Gasteiger partial charge in [0.15, 0.2) is 0 Å². The van der Waals surface area contributed by atoms with Crippen LogP contribution in [-0.2, 0) is 11.3 Å². The van der Waals surface area contributed by atoms with E-state index < -0.39 is 0 Å². The molecule has 21 heavy (non-hydrogen) atoms. The number of hydrogen-bond donors (Lipinski definition) is 1. The summed E-state index contributed by atoms with van der Waals surface area (Å²) in [4.78, 5) is 13.0. The van der Waals surface area contributed by atoms with Crippen LogP contribution in [0.4, 0.5) is 5.69 Å². The largest absolute Gasteiger partial charge is 0.378 e. The van der Waals surface area contributed by atoms with Gasteiger partial charge in [0, 0.05) is 37.9 Å². The Bertz CT molecular complexity index is 459. The molecule has 1 fully saturated rings. The molecule has 1 aliphatic rings. The highest BCUT2D eigenvalue weighted by Gasteiger charge is 2.22. The summed E-state index contributed by atoms with van der Waals surface area (Å²) in [6.07, 6.45) is 3.16. The molecule has 2 rings (SSSR count). The molecule has 1 aromatic carbocycles. The number of nitrogens with zero attached hydrogens (tertiary/aromatic N) is 2. The van der Waals surface area contributed by atoms with Crippen molar-refractivity contribution in [2.45, 2.75) is 31.9 Å². The van der Waals surface area contributed by atoms with Gasteiger partial charge in [0.2, 0.25) is 0 Å². The van der Waals surface area contributed by atoms with Crippen molar-refractivity contribution in [2.24, 2.45) is 5.73 Å². The molecule has 0 unspecified atom stereocenters. The maximum atomic E-state index is 11.0. The van der Waals surface area contributed by atoms with Crippen LogP contribution in [0.3, 0.4) is 0 Å². The summed E-state index contributed by atoms with van der Waals surface area (Å²) in [6, 6.07) is 6.96. The third kappa shape index (κ3) is 4.77. The van der Waals surface area contributed by atoms with Crippen molar-refractivity contribution < 1.29 is 9.66 Å². The highest BCUT2D eigenvalue weighted by molar-refractivity contribution is 5.39. The van der Waals surface area contributed by atoms with Gasteiger partial charge in [-0.3, -0.25) is 15.0 Å². The van der Waals surface area contributed by atoms with Crippen LogP contribution in [0.25, 0.3) is 0 Å². The second kappa shape index (κ2) is 8.07. The molecule has 0 bridgehead atoms. The number of rotatable bonds is 7. The van der Waals surface area contributed by atoms with Crippen molar-refractivity contribution in [2.75, 3.05) is 26.2 Å². The molecule has 1 heterocycles. The number of ether oxygens (including phenoxy) is 1. The zero-order chi connectivity index (χ0) is 15.1. The summed E-state index contributed by atoms with van der Waals surface area (Å²) in [5, 5.41) is 11.0. The van der Waals surface area contributed by atoms with Gasteiger partial charge in [0.25, 0.3) is 5.69 Å². The molecule has 0 amide bonds. The van der Waals surface area contributed by atoms with E-state index in [2.05, 4.69) is 4.90 Å². The summed E-state index contributed by atoms with van der Waals surface area (Å²) in [7, 11) is 0. The predicted molar refractivity (Wildman–Crippen MR) is 81.0 cm³/mol. The van der Waals surface area contributed by atoms with Crippen molar-refractivity contribution in [3.05, 3.63) is 39.9 Å². The molecule has 1 saturated heterocycles. The van der Waals surface area contributed by atoms with Gasteiger partial charge in [-0.05, 0) is 25.8 Å². The van der Waals surface area contributed by atoms with Crippen LogP contribution < -0.4 is 5.73 Å². The Labute approximate surface area is 125 Å². The summed E-state index contributed by atoms with van der Waals surface area (Å²) >= 11 is 0. The first-order chi connectivity index (χ1) is 10.2. The smallest absolute Gasteiger partial charge is 0.273 e. The SMILES string of the molecule is NCCCOC1CCN(Cc2ccccc2[N+](=O)[O-])CC1. The number of likely N-dealkylation sites (tertiary alicyclic amines) is 1. The number of nitro groups is 1. The Balaban J connectivity index is 1.82. The Morgan fingerprint density at radius 3 is 2.71 bits per heavy atom. The molecule has 0 spiro atoms. The van der Waals surface area contributed by atoms with Gasteiger partial charge in [-0.2, -0.15) is 0 Å². The van der Waals surface area contributed by atoms with E-state index in [0.29, 0.717) is 19.2 Å². The van der Waals surface area contributed by atoms with Crippen LogP contribution in [0.2, 0.25) is 0 Å². The third-order valence-corrected chi connectivity index (χ3v) is 3.82. The number of piperidine rings is 1. The minimum Gasteiger partial charge on any atom is -0.378 e. The van der Waals surface area contributed by atoms with Gasteiger partial charge in [-0.25, -0.2) is 0 Å². The second-order valence-electron chi connectivity index (χ2n) is 5.37. The molecule has 0 aromatic heterocycles. The molecule has 6 heteroatoms. The van der Waals surface area contributed by atoms with Crippen molar-refractivity contribution in [1.82, 2.24) is 4.90 Å². The van der Waals surface area contributed by atoms with E-state index >= 15 is 0 Å². The fraction of sp³-hybridized carbons (Fsp3) is 0.600. The van der Waals surface area contributed by atoms with Crippen LogP contribution in [0, 0.1) is 10.1 Å². The van der Waals surface area contributed by atoms with Gasteiger partial charge in [0.05, 0.1) is 11.0 Å². The molecule has 0 atom stereocenters. The molecule has 0 radical (unpaired) electrons. The minimum absolute atomic E-state index is 0.207. The summed E-state index contributed by atoms with van der Waals surface area (Å²) in [6.45, 7) is 3.85. The van der Waals surface area contributed by atoms with Crippen molar-refractivity contribution in [1.29, 1.82) is 0 Å². The molecule has 0 aliphatic carbocycles. The number of hydrogen-bond acceptors (Lipinski definition) is 5. The molecule has 0 saturated carbocycles. The Morgan fingerprint density at radius 2 is 2.05 bits per heavy atom. The second-order valence-corrected chi connectivity index (χ2v) is 5.37. The highest BCUT2D eigenvalue weighted by Crippen LogP contribution is 2.22. The summed E-state index contributed by atoms with van der Waals surface area (Å²) < 4.78 is 5.77. The van der Waals surface area contributed by atoms with Crippen LogP contribution in [-0.4, -0.2) is 42.2 Å². The van der Waals surface area contributed by atoms with Gasteiger partial charge < -0.3 is 10.5 Å². The topological polar surface area (TPSA) is 81.6 Å². The van der Waals surface area contributed by atoms with Crippen LogP contribution in [0.1, 0.15) is 24.8 Å². The van der Waals surface area contributed by atoms with Crippen molar-refractivity contribution in [3.8, 4) is 0 Å². The molecular weight excluding hydrogens is 270 g/mol. The standard InChI is InChI=1S/C15H23N3O3/c16-8-3-11-21-14-6-9-17(10-7-14)12-13-4-1-2-5-15(13)18(19)20/h1-2,4-5,14H,3,6-12,16H2. The molecule has 116 valence electrons. The Kier molecular flexibility index (Phi) is 6.10. The monoisotopic (exact) mass is 293 g/mol. The predicted octanol–water partition coefficient (Wildman–Crippen LogP) is 1.92. The molecule has 1 aromatic rings. The maximum absolute atomic E-state index is 11.0. The third-order valence-electron chi connectivity index (χ3n) is 3.82. The average molecular weight is 293 g/mol. The lowest BCUT2D eigenvalue weighted by Gasteiger charge is -2.31. The zero-order valence-electron chi connectivity index (χ0n) is 12.2. The fourth-order valence-electron chi connectivity index (χ4n) is 2.63. The van der Waals surface area contributed by atoms with Crippen LogP contribution >= 0.6 is 0 Å². The lowest BCUT2D eigenvalue weighted by Crippen LogP contribution is -2.36. The number of para-hydroxylation sites is 1. The fourth-order valence-corrected chi connectivity index (χ4v) is 2.63. The van der Waals surface area contributed by atoms with E-state index in [1.54, 1.807) is 12.1 Å². The van der Waals surface area contributed by atoms with Gasteiger partial charge >= 0.3 is 0 Å². The maximum Gasteiger partial charge on any atom is 0.273 e. The lowest BCUT2D eigenvalue weighted by molar-refractivity contribution is -0.385. The number of nitrogens with two attached hydrogens (primary N) is 1. The van der Waals surface area contributed by atoms with Crippen LogP contribution in [0.15, 0.2) is 24.3 Å². The quantitative estimate of drug-likeness (QED) is 0.472. The van der Waals surface area contributed by atoms with Crippen molar-refractivity contribution >= 4 is 5.69 Å². The van der Waals surface area contributed by atoms with E-state index in [0.717, 1.165) is 44.5 Å². The first-order valence-electron chi connectivity index (χ1n) is 7.47. The lowest BCUT2D eigenvalue weighted by atomic mass is 10.1. The minimum atomic E-state index is -0.308. The van der Waals surface area contributed by atoms with E-state index in [4.69, 9.17) is 10.5 Å². The van der Waals surface area contributed by atoms with E-state index in [1.807, 2.05) is 12.1 Å². The Hall–Kier alpha value is -1.50. The first-order valence-corrected chi connectivity index (χ1v) is 7.47. The summed E-state index contributed by atoms with van der Waals surface area (Å²) in [5.41, 5.74) is 6.44. The highest BCUT2D eigenvalue weighted by atomic mass is 16.6. The van der Waals surface area contributed by atoms with E-state index in [9.17, 15) is 10.1 Å². The molecule has 1 aliphatic heterocycles. The van der Waals surface area contributed by atoms with Gasteiger partial charge in [0.1, 0.15) is 0 Å². The summed E-state index contributed by atoms with van der Waals surface area (Å²) in [5.74, 6) is 0. The van der Waals surface area contributed by atoms with Crippen LogP contribution in [0.5, 0.6) is 0 Å². The molecule has 2 N–H and O–H groups in total. The van der Waals surface area contributed by atoms with E-state index in [-0.39, 0.29) is 10.6 Å². The van der Waals surface area contributed by atoms with Gasteiger partial charge in [-0.15, -0.1) is 0 Å². The van der Waals surface area contributed by atoms with Crippen molar-refractivity contribution in [3.63, 3.8) is 0 Å². The zero-order valence-corrected chi connectivity index (χ0v) is 12.2. The van der Waals surface area contributed by atoms with Gasteiger partial charge in [-0.1, -0.05) is 18.2 Å². The molecule has 6 nitrogen and oxygen atoms in total. The molecular formula is C15H23N3O3. The van der Waals surface area contributed by atoms with E-state index in [1.165, 1.54) is 0 Å². The average Bonchev–Trinajstić information content (AvgIpc) is 2.50. The first kappa shape index (κ1) is 15.9.